The molecule has 1 aliphatic heterocycles. The van der Waals surface area contributed by atoms with Crippen LogP contribution in [-0.2, 0) is 9.53 Å². The van der Waals surface area contributed by atoms with Crippen LogP contribution >= 0.6 is 0 Å². The molecule has 1 atom stereocenters. The smallest absolute Gasteiger partial charge is 0.407 e. The number of rotatable bonds is 3. The van der Waals surface area contributed by atoms with E-state index in [4.69, 9.17) is 4.74 Å². The molecule has 0 saturated carbocycles. The van der Waals surface area contributed by atoms with Crippen LogP contribution in [0.3, 0.4) is 0 Å². The predicted molar refractivity (Wildman–Crippen MR) is 64.6 cm³/mol. The Morgan fingerprint density at radius 3 is 2.94 bits per heavy atom. The molecule has 0 spiro atoms. The molecule has 2 N–H and O–H groups in total. The standard InChI is InChI=1S/C12H22N2O3/c1-9(2)8-14-12(16)17-10-6-4-3-5-7-13-11(10)15/h9-10H,3-8H2,1-2H3,(H,13,15)(H,14,16). The van der Waals surface area contributed by atoms with Gasteiger partial charge in [0.15, 0.2) is 6.10 Å². The molecule has 98 valence electrons. The Kier molecular flexibility index (Phi) is 5.80. The number of carbonyl (C=O) groups excluding carboxylic acids is 2. The molecule has 0 radical (unpaired) electrons. The summed E-state index contributed by atoms with van der Waals surface area (Å²) in [5.74, 6) is 0.193. The highest BCUT2D eigenvalue weighted by Gasteiger charge is 2.23. The van der Waals surface area contributed by atoms with Crippen molar-refractivity contribution in [1.82, 2.24) is 10.6 Å². The van der Waals surface area contributed by atoms with E-state index < -0.39 is 12.2 Å². The molecule has 5 nitrogen and oxygen atoms in total. The maximum atomic E-state index is 11.6. The number of hydrogen-bond acceptors (Lipinski definition) is 3. The summed E-state index contributed by atoms with van der Waals surface area (Å²) in [5.41, 5.74) is 0. The third-order valence-corrected chi connectivity index (χ3v) is 2.64. The molecule has 2 amide bonds. The van der Waals surface area contributed by atoms with Crippen LogP contribution in [0, 0.1) is 5.92 Å². The molecule has 5 heteroatoms. The largest absolute Gasteiger partial charge is 0.436 e. The number of alkyl carbamates (subject to hydrolysis) is 1. The molecule has 0 aromatic carbocycles. The molecule has 17 heavy (non-hydrogen) atoms. The van der Waals surface area contributed by atoms with Gasteiger partial charge in [-0.2, -0.15) is 0 Å². The van der Waals surface area contributed by atoms with Crippen molar-refractivity contribution in [1.29, 1.82) is 0 Å². The molecule has 1 aliphatic rings. The highest BCUT2D eigenvalue weighted by molar-refractivity contribution is 5.83. The molecule has 0 aromatic rings. The van der Waals surface area contributed by atoms with Crippen LogP contribution in [-0.4, -0.2) is 31.2 Å². The number of hydrogen-bond donors (Lipinski definition) is 2. The Labute approximate surface area is 102 Å². The summed E-state index contributed by atoms with van der Waals surface area (Å²) in [5, 5.41) is 5.41. The summed E-state index contributed by atoms with van der Waals surface area (Å²) in [6, 6.07) is 0. The van der Waals surface area contributed by atoms with E-state index in [1.165, 1.54) is 0 Å². The third kappa shape index (κ3) is 5.56. The van der Waals surface area contributed by atoms with Crippen molar-refractivity contribution >= 4 is 12.0 Å². The van der Waals surface area contributed by atoms with E-state index in [1.807, 2.05) is 13.8 Å². The van der Waals surface area contributed by atoms with Gasteiger partial charge in [-0.25, -0.2) is 4.79 Å². The van der Waals surface area contributed by atoms with Crippen LogP contribution in [0.4, 0.5) is 4.79 Å². The van der Waals surface area contributed by atoms with E-state index in [2.05, 4.69) is 10.6 Å². The number of nitrogens with one attached hydrogen (secondary N) is 2. The fourth-order valence-corrected chi connectivity index (χ4v) is 1.66. The summed E-state index contributed by atoms with van der Waals surface area (Å²) < 4.78 is 5.13. The lowest BCUT2D eigenvalue weighted by molar-refractivity contribution is -0.130. The van der Waals surface area contributed by atoms with Gasteiger partial charge in [0.1, 0.15) is 0 Å². The lowest BCUT2D eigenvalue weighted by Crippen LogP contribution is -2.42. The van der Waals surface area contributed by atoms with E-state index in [-0.39, 0.29) is 5.91 Å². The highest BCUT2D eigenvalue weighted by Crippen LogP contribution is 2.10. The van der Waals surface area contributed by atoms with Gasteiger partial charge in [-0.15, -0.1) is 0 Å². The second-order valence-corrected chi connectivity index (χ2v) is 4.81. The van der Waals surface area contributed by atoms with Crippen LogP contribution < -0.4 is 10.6 Å². The van der Waals surface area contributed by atoms with Gasteiger partial charge in [0.2, 0.25) is 0 Å². The lowest BCUT2D eigenvalue weighted by Gasteiger charge is -2.20. The second kappa shape index (κ2) is 7.14. The minimum Gasteiger partial charge on any atom is -0.436 e. The molecule has 1 rings (SSSR count). The predicted octanol–water partition coefficient (Wildman–Crippen LogP) is 1.43. The molecule has 1 saturated heterocycles. The van der Waals surface area contributed by atoms with Crippen LogP contribution in [0.5, 0.6) is 0 Å². The Hall–Kier alpha value is -1.26. The zero-order chi connectivity index (χ0) is 12.7. The summed E-state index contributed by atoms with van der Waals surface area (Å²) in [7, 11) is 0. The van der Waals surface area contributed by atoms with Crippen molar-refractivity contribution in [2.24, 2.45) is 5.92 Å². The fraction of sp³-hybridized carbons (Fsp3) is 0.833. The van der Waals surface area contributed by atoms with Crippen molar-refractivity contribution < 1.29 is 14.3 Å². The third-order valence-electron chi connectivity index (χ3n) is 2.64. The molecular formula is C12H22N2O3. The zero-order valence-electron chi connectivity index (χ0n) is 10.6. The van der Waals surface area contributed by atoms with Gasteiger partial charge in [0, 0.05) is 13.1 Å². The van der Waals surface area contributed by atoms with Gasteiger partial charge in [-0.1, -0.05) is 20.3 Å². The lowest BCUT2D eigenvalue weighted by atomic mass is 10.1. The maximum absolute atomic E-state index is 11.6. The van der Waals surface area contributed by atoms with Crippen LogP contribution in [0.2, 0.25) is 0 Å². The Morgan fingerprint density at radius 1 is 1.47 bits per heavy atom. The van der Waals surface area contributed by atoms with Gasteiger partial charge in [0.05, 0.1) is 0 Å². The SMILES string of the molecule is CC(C)CNC(=O)OC1CCCCCNC1=O. The van der Waals surface area contributed by atoms with Gasteiger partial charge in [-0.3, -0.25) is 4.79 Å². The summed E-state index contributed by atoms with van der Waals surface area (Å²) >= 11 is 0. The minimum absolute atomic E-state index is 0.176. The minimum atomic E-state index is -0.637. The van der Waals surface area contributed by atoms with E-state index in [9.17, 15) is 9.59 Å². The number of ether oxygens (including phenoxy) is 1. The summed E-state index contributed by atoms with van der Waals surface area (Å²) in [6.45, 7) is 5.24. The number of carbonyl (C=O) groups is 2. The fourth-order valence-electron chi connectivity index (χ4n) is 1.66. The average molecular weight is 242 g/mol. The second-order valence-electron chi connectivity index (χ2n) is 4.81. The topological polar surface area (TPSA) is 67.4 Å². The first-order valence-electron chi connectivity index (χ1n) is 6.32. The average Bonchev–Trinajstić information content (AvgIpc) is 2.26. The van der Waals surface area contributed by atoms with Crippen LogP contribution in [0.25, 0.3) is 0 Å². The quantitative estimate of drug-likeness (QED) is 0.786. The Bertz CT molecular complexity index is 266. The Balaban J connectivity index is 2.35. The highest BCUT2D eigenvalue weighted by atomic mass is 16.6. The monoisotopic (exact) mass is 242 g/mol. The van der Waals surface area contributed by atoms with Crippen molar-refractivity contribution in [2.75, 3.05) is 13.1 Å². The van der Waals surface area contributed by atoms with E-state index >= 15 is 0 Å². The zero-order valence-corrected chi connectivity index (χ0v) is 10.6. The van der Waals surface area contributed by atoms with Crippen LogP contribution in [0.15, 0.2) is 0 Å². The van der Waals surface area contributed by atoms with Gasteiger partial charge in [-0.05, 0) is 25.2 Å². The van der Waals surface area contributed by atoms with E-state index in [0.717, 1.165) is 19.3 Å². The first kappa shape index (κ1) is 13.8. The summed E-state index contributed by atoms with van der Waals surface area (Å²) in [4.78, 5) is 23.1. The van der Waals surface area contributed by atoms with Crippen molar-refractivity contribution in [3.8, 4) is 0 Å². The molecule has 1 heterocycles. The molecule has 0 aliphatic carbocycles. The molecular weight excluding hydrogens is 220 g/mol. The first-order valence-corrected chi connectivity index (χ1v) is 6.32. The first-order chi connectivity index (χ1) is 8.09. The van der Waals surface area contributed by atoms with E-state index in [1.54, 1.807) is 0 Å². The van der Waals surface area contributed by atoms with E-state index in [0.29, 0.717) is 25.4 Å². The van der Waals surface area contributed by atoms with Gasteiger partial charge < -0.3 is 15.4 Å². The molecule has 1 fully saturated rings. The van der Waals surface area contributed by atoms with Gasteiger partial charge in [0.25, 0.3) is 5.91 Å². The van der Waals surface area contributed by atoms with Crippen molar-refractivity contribution in [3.05, 3.63) is 0 Å². The summed E-state index contributed by atoms with van der Waals surface area (Å²) in [6.07, 6.45) is 2.46. The van der Waals surface area contributed by atoms with Crippen LogP contribution in [0.1, 0.15) is 39.5 Å². The normalized spacial score (nSPS) is 21.4. The molecule has 0 bridgehead atoms. The Morgan fingerprint density at radius 2 is 2.24 bits per heavy atom. The maximum Gasteiger partial charge on any atom is 0.407 e. The number of amides is 2. The van der Waals surface area contributed by atoms with Crippen molar-refractivity contribution in [3.63, 3.8) is 0 Å². The molecule has 1 unspecified atom stereocenters. The molecule has 0 aromatic heterocycles. The van der Waals surface area contributed by atoms with Gasteiger partial charge >= 0.3 is 6.09 Å². The van der Waals surface area contributed by atoms with Crippen molar-refractivity contribution in [2.45, 2.75) is 45.6 Å².